The molecular weight excluding hydrogens is 294 g/mol. The number of rotatable bonds is 8. The molecule has 0 aliphatic heterocycles. The van der Waals surface area contributed by atoms with Crippen molar-refractivity contribution >= 4 is 5.69 Å². The zero-order chi connectivity index (χ0) is 16.7. The van der Waals surface area contributed by atoms with E-state index >= 15 is 0 Å². The lowest BCUT2D eigenvalue weighted by Gasteiger charge is -2.16. The van der Waals surface area contributed by atoms with Gasteiger partial charge in [0.15, 0.2) is 11.5 Å². The third-order valence-electron chi connectivity index (χ3n) is 3.57. The molecule has 0 spiro atoms. The summed E-state index contributed by atoms with van der Waals surface area (Å²) in [6, 6.07) is 11.8. The molecule has 2 aromatic carbocycles. The number of benzene rings is 2. The van der Waals surface area contributed by atoms with Crippen LogP contribution < -0.4 is 19.5 Å². The van der Waals surface area contributed by atoms with Crippen LogP contribution in [0, 0.1) is 0 Å². The number of para-hydroxylation sites is 1. The molecule has 124 valence electrons. The first-order valence-electron chi connectivity index (χ1n) is 7.33. The van der Waals surface area contributed by atoms with Crippen molar-refractivity contribution in [1.29, 1.82) is 0 Å². The molecule has 5 nitrogen and oxygen atoms in total. The maximum Gasteiger partial charge on any atom is 0.164 e. The molecule has 0 amide bonds. The highest BCUT2D eigenvalue weighted by atomic mass is 16.5. The van der Waals surface area contributed by atoms with Crippen molar-refractivity contribution in [3.05, 3.63) is 47.5 Å². The third-order valence-corrected chi connectivity index (χ3v) is 3.57. The Morgan fingerprint density at radius 2 is 1.43 bits per heavy atom. The van der Waals surface area contributed by atoms with E-state index in [1.54, 1.807) is 28.4 Å². The van der Waals surface area contributed by atoms with Gasteiger partial charge >= 0.3 is 0 Å². The fourth-order valence-electron chi connectivity index (χ4n) is 2.40. The number of anilines is 1. The summed E-state index contributed by atoms with van der Waals surface area (Å²) >= 11 is 0. The Hall–Kier alpha value is -2.40. The SMILES string of the molecule is COCc1ccccc1NCc1cc(OC)c(OC)cc1OC. The Morgan fingerprint density at radius 3 is 2.09 bits per heavy atom. The van der Waals surface area contributed by atoms with Crippen LogP contribution in [-0.2, 0) is 17.9 Å². The van der Waals surface area contributed by atoms with Gasteiger partial charge in [-0.1, -0.05) is 18.2 Å². The van der Waals surface area contributed by atoms with Crippen LogP contribution in [0.5, 0.6) is 17.2 Å². The zero-order valence-corrected chi connectivity index (χ0v) is 14.0. The first kappa shape index (κ1) is 17.0. The van der Waals surface area contributed by atoms with Crippen molar-refractivity contribution < 1.29 is 18.9 Å². The lowest BCUT2D eigenvalue weighted by molar-refractivity contribution is 0.185. The fraction of sp³-hybridized carbons (Fsp3) is 0.333. The molecule has 0 aliphatic carbocycles. The van der Waals surface area contributed by atoms with Crippen LogP contribution in [0.1, 0.15) is 11.1 Å². The van der Waals surface area contributed by atoms with E-state index in [1.807, 2.05) is 36.4 Å². The van der Waals surface area contributed by atoms with Crippen LogP contribution in [0.3, 0.4) is 0 Å². The molecule has 0 heterocycles. The van der Waals surface area contributed by atoms with Gasteiger partial charge in [0.25, 0.3) is 0 Å². The number of ether oxygens (including phenoxy) is 4. The van der Waals surface area contributed by atoms with Gasteiger partial charge in [-0.25, -0.2) is 0 Å². The summed E-state index contributed by atoms with van der Waals surface area (Å²) in [6.07, 6.45) is 0. The highest BCUT2D eigenvalue weighted by Crippen LogP contribution is 2.35. The van der Waals surface area contributed by atoms with Crippen LogP contribution >= 0.6 is 0 Å². The van der Waals surface area contributed by atoms with Gasteiger partial charge in [-0.05, 0) is 12.1 Å². The summed E-state index contributed by atoms with van der Waals surface area (Å²) in [5.74, 6) is 2.07. The average molecular weight is 317 g/mol. The standard InChI is InChI=1S/C18H23NO4/c1-20-12-13-7-5-6-8-15(13)19-11-14-9-17(22-3)18(23-4)10-16(14)21-2/h5-10,19H,11-12H2,1-4H3. The van der Waals surface area contributed by atoms with E-state index in [1.165, 1.54) is 0 Å². The van der Waals surface area contributed by atoms with Crippen molar-refractivity contribution in [2.45, 2.75) is 13.2 Å². The minimum Gasteiger partial charge on any atom is -0.496 e. The highest BCUT2D eigenvalue weighted by molar-refractivity contribution is 5.54. The molecule has 2 aromatic rings. The normalized spacial score (nSPS) is 10.3. The molecule has 0 aromatic heterocycles. The van der Waals surface area contributed by atoms with Crippen molar-refractivity contribution in [1.82, 2.24) is 0 Å². The molecule has 0 saturated carbocycles. The molecule has 2 rings (SSSR count). The lowest BCUT2D eigenvalue weighted by atomic mass is 10.1. The summed E-state index contributed by atoms with van der Waals surface area (Å²) in [7, 11) is 6.56. The molecule has 0 saturated heterocycles. The summed E-state index contributed by atoms with van der Waals surface area (Å²) in [4.78, 5) is 0. The van der Waals surface area contributed by atoms with Crippen LogP contribution in [0.2, 0.25) is 0 Å². The van der Waals surface area contributed by atoms with Gasteiger partial charge in [0.05, 0.1) is 27.9 Å². The molecule has 0 fully saturated rings. The number of hydrogen-bond acceptors (Lipinski definition) is 5. The molecule has 5 heteroatoms. The first-order chi connectivity index (χ1) is 11.2. The predicted molar refractivity (Wildman–Crippen MR) is 90.6 cm³/mol. The molecule has 0 unspecified atom stereocenters. The van der Waals surface area contributed by atoms with E-state index in [0.29, 0.717) is 24.7 Å². The molecule has 0 radical (unpaired) electrons. The van der Waals surface area contributed by atoms with Crippen molar-refractivity contribution in [2.75, 3.05) is 33.8 Å². The second-order valence-electron chi connectivity index (χ2n) is 4.96. The lowest BCUT2D eigenvalue weighted by Crippen LogP contribution is -2.05. The Morgan fingerprint density at radius 1 is 0.783 bits per heavy atom. The van der Waals surface area contributed by atoms with Crippen LogP contribution in [0.15, 0.2) is 36.4 Å². The Balaban J connectivity index is 2.23. The maximum atomic E-state index is 5.45. The van der Waals surface area contributed by atoms with E-state index in [2.05, 4.69) is 5.32 Å². The smallest absolute Gasteiger partial charge is 0.164 e. The molecule has 0 aliphatic rings. The molecule has 0 atom stereocenters. The van der Waals surface area contributed by atoms with Crippen LogP contribution in [0.25, 0.3) is 0 Å². The van der Waals surface area contributed by atoms with Gasteiger partial charge in [-0.3, -0.25) is 0 Å². The number of nitrogens with one attached hydrogen (secondary N) is 1. The van der Waals surface area contributed by atoms with Gasteiger partial charge in [-0.2, -0.15) is 0 Å². The first-order valence-corrected chi connectivity index (χ1v) is 7.33. The summed E-state index contributed by atoms with van der Waals surface area (Å²) < 4.78 is 21.4. The molecule has 1 N–H and O–H groups in total. The van der Waals surface area contributed by atoms with E-state index in [0.717, 1.165) is 22.6 Å². The summed E-state index contributed by atoms with van der Waals surface area (Å²) in [5.41, 5.74) is 3.12. The van der Waals surface area contributed by atoms with E-state index in [9.17, 15) is 0 Å². The van der Waals surface area contributed by atoms with Crippen LogP contribution in [0.4, 0.5) is 5.69 Å². The van der Waals surface area contributed by atoms with Crippen LogP contribution in [-0.4, -0.2) is 28.4 Å². The largest absolute Gasteiger partial charge is 0.496 e. The molecule has 0 bridgehead atoms. The van der Waals surface area contributed by atoms with Crippen molar-refractivity contribution in [2.24, 2.45) is 0 Å². The molecular formula is C18H23NO4. The molecule has 23 heavy (non-hydrogen) atoms. The maximum absolute atomic E-state index is 5.45. The summed E-state index contributed by atoms with van der Waals surface area (Å²) in [5, 5.41) is 3.42. The van der Waals surface area contributed by atoms with Crippen molar-refractivity contribution in [3.63, 3.8) is 0 Å². The number of hydrogen-bond donors (Lipinski definition) is 1. The second kappa shape index (κ2) is 8.29. The van der Waals surface area contributed by atoms with Gasteiger partial charge in [0.2, 0.25) is 0 Å². The average Bonchev–Trinajstić information content (AvgIpc) is 2.60. The minimum atomic E-state index is 0.562. The van der Waals surface area contributed by atoms with Crippen molar-refractivity contribution in [3.8, 4) is 17.2 Å². The highest BCUT2D eigenvalue weighted by Gasteiger charge is 2.12. The predicted octanol–water partition coefficient (Wildman–Crippen LogP) is 3.47. The fourth-order valence-corrected chi connectivity index (χ4v) is 2.40. The minimum absolute atomic E-state index is 0.562. The van der Waals surface area contributed by atoms with E-state index < -0.39 is 0 Å². The Kier molecular flexibility index (Phi) is 6.11. The topological polar surface area (TPSA) is 49.0 Å². The van der Waals surface area contributed by atoms with Gasteiger partial charge in [0, 0.05) is 36.5 Å². The van der Waals surface area contributed by atoms with E-state index in [4.69, 9.17) is 18.9 Å². The summed E-state index contributed by atoms with van der Waals surface area (Å²) in [6.45, 7) is 1.16. The monoisotopic (exact) mass is 317 g/mol. The van der Waals surface area contributed by atoms with Gasteiger partial charge in [0.1, 0.15) is 5.75 Å². The Labute approximate surface area is 137 Å². The van der Waals surface area contributed by atoms with Gasteiger partial charge in [-0.15, -0.1) is 0 Å². The zero-order valence-electron chi connectivity index (χ0n) is 14.0. The quantitative estimate of drug-likeness (QED) is 0.808. The number of methoxy groups -OCH3 is 4. The second-order valence-corrected chi connectivity index (χ2v) is 4.96. The third kappa shape index (κ3) is 4.07. The van der Waals surface area contributed by atoms with E-state index in [-0.39, 0.29) is 0 Å². The van der Waals surface area contributed by atoms with Gasteiger partial charge < -0.3 is 24.3 Å². The Bertz CT molecular complexity index is 643.